The highest BCUT2D eigenvalue weighted by Crippen LogP contribution is 2.14. The van der Waals surface area contributed by atoms with Crippen molar-refractivity contribution in [1.82, 2.24) is 5.32 Å². The summed E-state index contributed by atoms with van der Waals surface area (Å²) in [6.07, 6.45) is 49.9. The maximum Gasteiger partial charge on any atom is 0.322 e. The molecule has 0 aromatic rings. The molecule has 48 heavy (non-hydrogen) atoms. The number of hydrogen-bond donors (Lipinski definition) is 2. The summed E-state index contributed by atoms with van der Waals surface area (Å²) in [5.74, 6) is -1.38. The number of aliphatic carboxylic acids is 1. The second-order valence-corrected chi connectivity index (χ2v) is 12.1. The zero-order valence-corrected chi connectivity index (χ0v) is 30.3. The summed E-state index contributed by atoms with van der Waals surface area (Å²) in [7, 11) is 0. The van der Waals surface area contributed by atoms with E-state index in [-0.39, 0.29) is 24.5 Å². The van der Waals surface area contributed by atoms with E-state index in [1.165, 1.54) is 19.3 Å². The van der Waals surface area contributed by atoms with Crippen LogP contribution in [0.4, 0.5) is 0 Å². The molecule has 0 aliphatic rings. The maximum absolute atomic E-state index is 12.6. The van der Waals surface area contributed by atoms with Crippen molar-refractivity contribution in [2.24, 2.45) is 0 Å². The average molecular weight is 666 g/mol. The van der Waals surface area contributed by atoms with Crippen molar-refractivity contribution in [2.45, 2.75) is 155 Å². The number of nitrogens with one attached hydrogen (secondary N) is 1. The first-order chi connectivity index (χ1) is 23.5. The Balaban J connectivity index is 4.43. The van der Waals surface area contributed by atoms with Gasteiger partial charge in [-0.1, -0.05) is 125 Å². The van der Waals surface area contributed by atoms with E-state index in [9.17, 15) is 14.4 Å². The second-order valence-electron chi connectivity index (χ2n) is 12.1. The molecule has 0 rings (SSSR count). The summed E-state index contributed by atoms with van der Waals surface area (Å²) in [6.45, 7) is 4.04. The highest BCUT2D eigenvalue weighted by molar-refractivity contribution is 5.80. The van der Waals surface area contributed by atoms with E-state index in [0.717, 1.165) is 103 Å². The van der Waals surface area contributed by atoms with Gasteiger partial charge in [0.25, 0.3) is 0 Å². The molecule has 0 bridgehead atoms. The Kier molecular flexibility index (Phi) is 33.8. The highest BCUT2D eigenvalue weighted by Gasteiger charge is 2.11. The molecule has 0 aliphatic carbocycles. The highest BCUT2D eigenvalue weighted by atomic mass is 16.5. The van der Waals surface area contributed by atoms with E-state index in [1.807, 2.05) is 6.08 Å². The first kappa shape index (κ1) is 44.6. The number of carbonyl (C=O) groups is 3. The molecule has 0 aliphatic heterocycles. The molecule has 0 radical (unpaired) electrons. The summed E-state index contributed by atoms with van der Waals surface area (Å²) < 4.78 is 5.87. The van der Waals surface area contributed by atoms with Crippen LogP contribution in [0.1, 0.15) is 149 Å². The van der Waals surface area contributed by atoms with Gasteiger partial charge in [-0.25, -0.2) is 0 Å². The summed E-state index contributed by atoms with van der Waals surface area (Å²) in [6, 6.07) is 0. The lowest BCUT2D eigenvalue weighted by atomic mass is 10.1. The molecule has 0 heterocycles. The van der Waals surface area contributed by atoms with Crippen LogP contribution >= 0.6 is 0 Å². The van der Waals surface area contributed by atoms with Crippen molar-refractivity contribution in [3.8, 4) is 0 Å². The Morgan fingerprint density at radius 3 is 1.67 bits per heavy atom. The Bertz CT molecular complexity index is 1000. The van der Waals surface area contributed by atoms with Gasteiger partial charge in [0.05, 0.1) is 0 Å². The number of esters is 1. The molecule has 0 saturated heterocycles. The molecule has 1 amide bonds. The van der Waals surface area contributed by atoms with Crippen LogP contribution in [0.2, 0.25) is 0 Å². The smallest absolute Gasteiger partial charge is 0.322 e. The third kappa shape index (κ3) is 35.4. The topological polar surface area (TPSA) is 92.7 Å². The zero-order chi connectivity index (χ0) is 35.2. The van der Waals surface area contributed by atoms with Gasteiger partial charge in [0, 0.05) is 12.8 Å². The Hall–Kier alpha value is -3.41. The van der Waals surface area contributed by atoms with Crippen LogP contribution < -0.4 is 5.32 Å². The number of allylic oxidation sites excluding steroid dienone is 13. The molecule has 1 atom stereocenters. The minimum Gasteiger partial charge on any atom is -0.480 e. The fourth-order valence-electron chi connectivity index (χ4n) is 4.78. The monoisotopic (exact) mass is 666 g/mol. The van der Waals surface area contributed by atoms with E-state index in [2.05, 4.69) is 98.2 Å². The lowest BCUT2D eigenvalue weighted by Gasteiger charge is -2.14. The normalized spacial score (nSPS) is 13.0. The predicted octanol–water partition coefficient (Wildman–Crippen LogP) is 11.2. The lowest BCUT2D eigenvalue weighted by Crippen LogP contribution is -2.28. The molecular weight excluding hydrogens is 598 g/mol. The number of ether oxygens (including phenoxy) is 1. The standard InChI is InChI=1S/C42H67NO5/c1-3-5-7-9-11-13-15-16-17-18-20-22-24-29-33-37-42(47)48-39(34-30-26-23-21-19-14-12-10-8-6-4-2)35-31-27-25-28-32-36-40(44)43-38-41(45)46/h5,7,11-14,16-17,20-23,30,34,39H,3-4,6,8-10,15,18-19,24-29,31-33,35-38H2,1-2H3,(H,43,44)(H,45,46)/b7-5-,13-11-,14-12-,17-16-,22-20-,23-21-,34-30-. The molecule has 1 unspecified atom stereocenters. The van der Waals surface area contributed by atoms with Crippen LogP contribution in [0.15, 0.2) is 85.1 Å². The molecule has 6 nitrogen and oxygen atoms in total. The molecule has 0 fully saturated rings. The van der Waals surface area contributed by atoms with Crippen molar-refractivity contribution >= 4 is 17.8 Å². The van der Waals surface area contributed by atoms with E-state index in [1.54, 1.807) is 0 Å². The van der Waals surface area contributed by atoms with E-state index >= 15 is 0 Å². The number of carboxylic acids is 1. The average Bonchev–Trinajstić information content (AvgIpc) is 3.07. The van der Waals surface area contributed by atoms with E-state index in [4.69, 9.17) is 9.84 Å². The van der Waals surface area contributed by atoms with E-state index < -0.39 is 5.97 Å². The van der Waals surface area contributed by atoms with Gasteiger partial charge in [-0.05, 0) is 96.0 Å². The Labute approximate surface area is 293 Å². The largest absolute Gasteiger partial charge is 0.480 e. The van der Waals surface area contributed by atoms with Crippen molar-refractivity contribution in [1.29, 1.82) is 0 Å². The van der Waals surface area contributed by atoms with Crippen molar-refractivity contribution in [2.75, 3.05) is 6.54 Å². The van der Waals surface area contributed by atoms with Crippen molar-refractivity contribution in [3.05, 3.63) is 85.1 Å². The zero-order valence-electron chi connectivity index (χ0n) is 30.3. The first-order valence-corrected chi connectivity index (χ1v) is 18.7. The quantitative estimate of drug-likeness (QED) is 0.0424. The Morgan fingerprint density at radius 2 is 1.08 bits per heavy atom. The third-order valence-corrected chi connectivity index (χ3v) is 7.54. The van der Waals surface area contributed by atoms with Gasteiger partial charge >= 0.3 is 11.9 Å². The van der Waals surface area contributed by atoms with Gasteiger partial charge in [0.1, 0.15) is 12.6 Å². The number of carboxylic acid groups (broad SMARTS) is 1. The second kappa shape index (κ2) is 36.4. The number of amides is 1. The predicted molar refractivity (Wildman–Crippen MR) is 203 cm³/mol. The molecule has 0 aromatic heterocycles. The number of rotatable bonds is 32. The van der Waals surface area contributed by atoms with Crippen LogP contribution in [0.5, 0.6) is 0 Å². The Morgan fingerprint density at radius 1 is 0.583 bits per heavy atom. The fourth-order valence-corrected chi connectivity index (χ4v) is 4.78. The number of hydrogen-bond acceptors (Lipinski definition) is 4. The molecule has 6 heteroatoms. The van der Waals surface area contributed by atoms with Gasteiger partial charge in [0.2, 0.25) is 5.91 Å². The van der Waals surface area contributed by atoms with Crippen LogP contribution in [0, 0.1) is 0 Å². The summed E-state index contributed by atoms with van der Waals surface area (Å²) in [5.41, 5.74) is 0. The SMILES string of the molecule is CC/C=C\C/C=C\C/C=C\C/C=C\CCCCC(=O)OC(/C=C\C/C=C\C/C=C\CCCCC)CCCCCCCC(=O)NCC(=O)O. The molecule has 2 N–H and O–H groups in total. The van der Waals surface area contributed by atoms with Crippen LogP contribution in [0.25, 0.3) is 0 Å². The maximum atomic E-state index is 12.6. The van der Waals surface area contributed by atoms with Crippen molar-refractivity contribution in [3.63, 3.8) is 0 Å². The van der Waals surface area contributed by atoms with Crippen LogP contribution in [-0.2, 0) is 19.1 Å². The van der Waals surface area contributed by atoms with Gasteiger partial charge in [0.15, 0.2) is 0 Å². The van der Waals surface area contributed by atoms with Crippen molar-refractivity contribution < 1.29 is 24.2 Å². The first-order valence-electron chi connectivity index (χ1n) is 18.7. The van der Waals surface area contributed by atoms with Crippen LogP contribution in [-0.4, -0.2) is 35.6 Å². The van der Waals surface area contributed by atoms with Gasteiger partial charge in [-0.15, -0.1) is 0 Å². The fraction of sp³-hybridized carbons (Fsp3) is 0.595. The minimum atomic E-state index is -1.03. The third-order valence-electron chi connectivity index (χ3n) is 7.54. The van der Waals surface area contributed by atoms with Gasteiger partial charge in [-0.3, -0.25) is 14.4 Å². The van der Waals surface area contributed by atoms with Gasteiger partial charge < -0.3 is 15.2 Å². The molecule has 0 spiro atoms. The molecular formula is C42H67NO5. The molecule has 0 aromatic carbocycles. The molecule has 270 valence electrons. The van der Waals surface area contributed by atoms with E-state index in [0.29, 0.717) is 12.8 Å². The lowest BCUT2D eigenvalue weighted by molar-refractivity contribution is -0.147. The number of carbonyl (C=O) groups excluding carboxylic acids is 2. The van der Waals surface area contributed by atoms with Crippen LogP contribution in [0.3, 0.4) is 0 Å². The summed E-state index contributed by atoms with van der Waals surface area (Å²) in [5, 5.41) is 11.0. The van der Waals surface area contributed by atoms with Gasteiger partial charge in [-0.2, -0.15) is 0 Å². The number of unbranched alkanes of at least 4 members (excludes halogenated alkanes) is 9. The molecule has 0 saturated carbocycles. The summed E-state index contributed by atoms with van der Waals surface area (Å²) in [4.78, 5) is 34.8. The minimum absolute atomic E-state index is 0.133. The summed E-state index contributed by atoms with van der Waals surface area (Å²) >= 11 is 0.